The summed E-state index contributed by atoms with van der Waals surface area (Å²) in [6.07, 6.45) is 0.0673. The van der Waals surface area contributed by atoms with Gasteiger partial charge in [0.15, 0.2) is 0 Å². The Bertz CT molecular complexity index is 462. The van der Waals surface area contributed by atoms with Gasteiger partial charge in [0, 0.05) is 17.3 Å². The van der Waals surface area contributed by atoms with Gasteiger partial charge in [0.2, 0.25) is 5.91 Å². The van der Waals surface area contributed by atoms with Crippen molar-refractivity contribution < 1.29 is 9.53 Å². The number of hydrogen-bond acceptors (Lipinski definition) is 4. The minimum absolute atomic E-state index is 0.0291. The van der Waals surface area contributed by atoms with Crippen molar-refractivity contribution >= 4 is 35.0 Å². The first-order valence-corrected chi connectivity index (χ1v) is 7.67. The summed E-state index contributed by atoms with van der Waals surface area (Å²) in [4.78, 5) is 11.9. The van der Waals surface area contributed by atoms with Crippen molar-refractivity contribution in [1.82, 2.24) is 5.32 Å². The Morgan fingerprint density at radius 3 is 2.95 bits per heavy atom. The van der Waals surface area contributed by atoms with Gasteiger partial charge in [-0.3, -0.25) is 10.1 Å². The summed E-state index contributed by atoms with van der Waals surface area (Å²) >= 11 is 7.84. The Balaban J connectivity index is 2.01. The van der Waals surface area contributed by atoms with Gasteiger partial charge in [0.1, 0.15) is 5.75 Å². The van der Waals surface area contributed by atoms with Crippen molar-refractivity contribution in [1.29, 1.82) is 0 Å². The van der Waals surface area contributed by atoms with Crippen molar-refractivity contribution in [2.75, 3.05) is 16.9 Å². The molecule has 0 saturated carbocycles. The lowest BCUT2D eigenvalue weighted by Gasteiger charge is -2.14. The van der Waals surface area contributed by atoms with Crippen LogP contribution in [0.25, 0.3) is 0 Å². The minimum atomic E-state index is -0.129. The average Bonchev–Trinajstić information content (AvgIpc) is 2.86. The van der Waals surface area contributed by atoms with Crippen LogP contribution >= 0.6 is 23.4 Å². The van der Waals surface area contributed by atoms with E-state index in [4.69, 9.17) is 16.3 Å². The molecule has 1 amide bonds. The zero-order valence-corrected chi connectivity index (χ0v) is 12.5. The highest BCUT2D eigenvalue weighted by molar-refractivity contribution is 7.99. The molecule has 1 aromatic rings. The topological polar surface area (TPSA) is 50.4 Å². The number of carbonyl (C=O) groups is 1. The fraction of sp³-hybridized carbons (Fsp3) is 0.462. The van der Waals surface area contributed by atoms with E-state index in [1.165, 1.54) is 0 Å². The number of benzene rings is 1. The number of anilines is 1. The first-order valence-electron chi connectivity index (χ1n) is 6.14. The maximum atomic E-state index is 11.9. The average molecular weight is 301 g/mol. The van der Waals surface area contributed by atoms with Crippen LogP contribution in [0.1, 0.15) is 13.8 Å². The van der Waals surface area contributed by atoms with Crippen LogP contribution in [0, 0.1) is 0 Å². The highest BCUT2D eigenvalue weighted by Crippen LogP contribution is 2.28. The Morgan fingerprint density at radius 1 is 1.58 bits per heavy atom. The SMILES string of the molecule is CC(C)Oc1ccc(NC(=O)C2CSCN2)cc1Cl. The van der Waals surface area contributed by atoms with Gasteiger partial charge in [-0.25, -0.2) is 0 Å². The Morgan fingerprint density at radius 2 is 2.37 bits per heavy atom. The lowest BCUT2D eigenvalue weighted by atomic mass is 10.2. The lowest BCUT2D eigenvalue weighted by Crippen LogP contribution is -2.37. The highest BCUT2D eigenvalue weighted by Gasteiger charge is 2.22. The fourth-order valence-corrected chi connectivity index (χ4v) is 2.89. The zero-order chi connectivity index (χ0) is 13.8. The molecule has 2 rings (SSSR count). The zero-order valence-electron chi connectivity index (χ0n) is 10.9. The summed E-state index contributed by atoms with van der Waals surface area (Å²) in [5.41, 5.74) is 0.685. The molecule has 1 heterocycles. The van der Waals surface area contributed by atoms with Gasteiger partial charge >= 0.3 is 0 Å². The molecule has 0 spiro atoms. The van der Waals surface area contributed by atoms with E-state index in [9.17, 15) is 4.79 Å². The summed E-state index contributed by atoms with van der Waals surface area (Å²) in [6, 6.07) is 5.15. The maximum absolute atomic E-state index is 11.9. The summed E-state index contributed by atoms with van der Waals surface area (Å²) in [5, 5.41) is 6.47. The predicted octanol–water partition coefficient (Wildman–Crippen LogP) is 2.73. The van der Waals surface area contributed by atoms with Gasteiger partial charge in [-0.2, -0.15) is 0 Å². The number of rotatable bonds is 4. The van der Waals surface area contributed by atoms with Crippen LogP contribution in [-0.2, 0) is 4.79 Å². The molecule has 19 heavy (non-hydrogen) atoms. The molecule has 0 bridgehead atoms. The summed E-state index contributed by atoms with van der Waals surface area (Å²) in [6.45, 7) is 3.88. The Kier molecular flexibility index (Phi) is 4.96. The maximum Gasteiger partial charge on any atom is 0.242 e. The summed E-state index contributed by atoms with van der Waals surface area (Å²) in [5.74, 6) is 2.22. The smallest absolute Gasteiger partial charge is 0.242 e. The largest absolute Gasteiger partial charge is 0.489 e. The van der Waals surface area contributed by atoms with Crippen LogP contribution in [-0.4, -0.2) is 29.7 Å². The first kappa shape index (κ1) is 14.5. The van der Waals surface area contributed by atoms with Crippen LogP contribution in [0.15, 0.2) is 18.2 Å². The van der Waals surface area contributed by atoms with Crippen molar-refractivity contribution in [3.8, 4) is 5.75 Å². The van der Waals surface area contributed by atoms with Gasteiger partial charge in [-0.1, -0.05) is 11.6 Å². The molecule has 1 aliphatic rings. The number of nitrogens with one attached hydrogen (secondary N) is 2. The molecule has 1 aromatic carbocycles. The normalized spacial score (nSPS) is 18.6. The number of thioether (sulfide) groups is 1. The molecule has 1 saturated heterocycles. The van der Waals surface area contributed by atoms with E-state index < -0.39 is 0 Å². The van der Waals surface area contributed by atoms with E-state index in [1.54, 1.807) is 30.0 Å². The number of hydrogen-bond donors (Lipinski definition) is 2. The van der Waals surface area contributed by atoms with Gasteiger partial charge in [0.25, 0.3) is 0 Å². The van der Waals surface area contributed by atoms with E-state index in [-0.39, 0.29) is 18.1 Å². The molecule has 1 atom stereocenters. The van der Waals surface area contributed by atoms with Gasteiger partial charge < -0.3 is 10.1 Å². The molecule has 104 valence electrons. The third kappa shape index (κ3) is 4.03. The quantitative estimate of drug-likeness (QED) is 0.898. The number of amides is 1. The predicted molar refractivity (Wildman–Crippen MR) is 80.1 cm³/mol. The molecular weight excluding hydrogens is 284 g/mol. The molecule has 1 aliphatic heterocycles. The van der Waals surface area contributed by atoms with Crippen LogP contribution in [0.5, 0.6) is 5.75 Å². The lowest BCUT2D eigenvalue weighted by molar-refractivity contribution is -0.117. The molecular formula is C13H17ClN2O2S. The van der Waals surface area contributed by atoms with Crippen molar-refractivity contribution in [3.05, 3.63) is 23.2 Å². The van der Waals surface area contributed by atoms with Crippen LogP contribution in [0.2, 0.25) is 5.02 Å². The first-order chi connectivity index (χ1) is 9.06. The van der Waals surface area contributed by atoms with E-state index >= 15 is 0 Å². The molecule has 1 fully saturated rings. The second kappa shape index (κ2) is 6.50. The monoisotopic (exact) mass is 300 g/mol. The minimum Gasteiger partial charge on any atom is -0.489 e. The molecule has 6 heteroatoms. The van der Waals surface area contributed by atoms with Gasteiger partial charge in [-0.05, 0) is 32.0 Å². The second-order valence-electron chi connectivity index (χ2n) is 4.57. The van der Waals surface area contributed by atoms with Gasteiger partial charge in [-0.15, -0.1) is 11.8 Å². The summed E-state index contributed by atoms with van der Waals surface area (Å²) < 4.78 is 5.54. The van der Waals surface area contributed by atoms with Gasteiger partial charge in [0.05, 0.1) is 17.2 Å². The third-order valence-electron chi connectivity index (χ3n) is 2.59. The highest BCUT2D eigenvalue weighted by atomic mass is 35.5. The van der Waals surface area contributed by atoms with E-state index in [1.807, 2.05) is 13.8 Å². The Hall–Kier alpha value is -0.910. The van der Waals surface area contributed by atoms with Crippen LogP contribution < -0.4 is 15.4 Å². The van der Waals surface area contributed by atoms with Crippen molar-refractivity contribution in [2.24, 2.45) is 0 Å². The summed E-state index contributed by atoms with van der Waals surface area (Å²) in [7, 11) is 0. The standard InChI is InChI=1S/C13H17ClN2O2S/c1-8(2)18-12-4-3-9(5-10(12)14)16-13(17)11-6-19-7-15-11/h3-5,8,11,15H,6-7H2,1-2H3,(H,16,17). The van der Waals surface area contributed by atoms with E-state index in [2.05, 4.69) is 10.6 Å². The molecule has 1 unspecified atom stereocenters. The van der Waals surface area contributed by atoms with Crippen LogP contribution in [0.4, 0.5) is 5.69 Å². The van der Waals surface area contributed by atoms with Crippen molar-refractivity contribution in [3.63, 3.8) is 0 Å². The van der Waals surface area contributed by atoms with E-state index in [0.717, 1.165) is 11.6 Å². The Labute approximate surface area is 122 Å². The molecule has 2 N–H and O–H groups in total. The number of halogens is 1. The van der Waals surface area contributed by atoms with E-state index in [0.29, 0.717) is 16.5 Å². The number of carbonyl (C=O) groups excluding carboxylic acids is 1. The third-order valence-corrected chi connectivity index (χ3v) is 3.83. The molecule has 4 nitrogen and oxygen atoms in total. The fourth-order valence-electron chi connectivity index (χ4n) is 1.72. The van der Waals surface area contributed by atoms with Crippen molar-refractivity contribution in [2.45, 2.75) is 26.0 Å². The molecule has 0 radical (unpaired) electrons. The van der Waals surface area contributed by atoms with Crippen LogP contribution in [0.3, 0.4) is 0 Å². The molecule has 0 aromatic heterocycles. The number of ether oxygens (including phenoxy) is 1. The molecule has 0 aliphatic carbocycles. The second-order valence-corrected chi connectivity index (χ2v) is 6.01.